The molecule has 1 fully saturated rings. The summed E-state index contributed by atoms with van der Waals surface area (Å²) in [5.41, 5.74) is 3.44. The first-order valence-electron chi connectivity index (χ1n) is 11.1. The SMILES string of the molecule is CCNC(=NCCCN1CCCC1=O)NCCCc1cn(-c2ccccc2)nc1C.I. The first-order chi connectivity index (χ1) is 14.7. The Morgan fingerprint density at radius 3 is 2.71 bits per heavy atom. The minimum Gasteiger partial charge on any atom is -0.357 e. The Bertz CT molecular complexity index is 836. The molecule has 3 rings (SSSR count). The fourth-order valence-electron chi connectivity index (χ4n) is 3.67. The number of aromatic nitrogens is 2. The summed E-state index contributed by atoms with van der Waals surface area (Å²) in [6.07, 6.45) is 6.72. The van der Waals surface area contributed by atoms with Gasteiger partial charge >= 0.3 is 0 Å². The summed E-state index contributed by atoms with van der Waals surface area (Å²) < 4.78 is 1.95. The number of halogens is 1. The van der Waals surface area contributed by atoms with Crippen molar-refractivity contribution in [1.82, 2.24) is 25.3 Å². The lowest BCUT2D eigenvalue weighted by molar-refractivity contribution is -0.127. The maximum atomic E-state index is 11.7. The molecule has 0 saturated carbocycles. The molecule has 0 aliphatic carbocycles. The average molecular weight is 538 g/mol. The highest BCUT2D eigenvalue weighted by Gasteiger charge is 2.18. The van der Waals surface area contributed by atoms with Crippen molar-refractivity contribution in [1.29, 1.82) is 0 Å². The van der Waals surface area contributed by atoms with Crippen molar-refractivity contribution in [2.45, 2.75) is 46.0 Å². The van der Waals surface area contributed by atoms with Crippen LogP contribution < -0.4 is 10.6 Å². The number of hydrogen-bond acceptors (Lipinski definition) is 3. The molecule has 1 aliphatic heterocycles. The highest BCUT2D eigenvalue weighted by molar-refractivity contribution is 14.0. The van der Waals surface area contributed by atoms with Gasteiger partial charge < -0.3 is 15.5 Å². The molecule has 8 heteroatoms. The van der Waals surface area contributed by atoms with Gasteiger partial charge in [0.1, 0.15) is 0 Å². The second-order valence-electron chi connectivity index (χ2n) is 7.65. The molecule has 0 unspecified atom stereocenters. The first-order valence-corrected chi connectivity index (χ1v) is 11.1. The number of benzene rings is 1. The molecule has 1 aromatic carbocycles. The lowest BCUT2D eigenvalue weighted by Gasteiger charge is -2.15. The number of nitrogens with one attached hydrogen (secondary N) is 2. The van der Waals surface area contributed by atoms with Gasteiger partial charge in [0.25, 0.3) is 0 Å². The molecule has 1 aromatic heterocycles. The lowest BCUT2D eigenvalue weighted by atomic mass is 10.1. The van der Waals surface area contributed by atoms with E-state index in [1.165, 1.54) is 5.56 Å². The number of hydrogen-bond donors (Lipinski definition) is 2. The summed E-state index contributed by atoms with van der Waals surface area (Å²) in [4.78, 5) is 18.3. The number of carbonyl (C=O) groups is 1. The third kappa shape index (κ3) is 7.83. The Hall–Kier alpha value is -2.10. The monoisotopic (exact) mass is 538 g/mol. The van der Waals surface area contributed by atoms with E-state index in [-0.39, 0.29) is 29.9 Å². The van der Waals surface area contributed by atoms with Crippen LogP contribution in [0.5, 0.6) is 0 Å². The van der Waals surface area contributed by atoms with Crippen LogP contribution in [-0.2, 0) is 11.2 Å². The second kappa shape index (κ2) is 13.3. The highest BCUT2D eigenvalue weighted by atomic mass is 127. The molecule has 1 aliphatic rings. The third-order valence-corrected chi connectivity index (χ3v) is 5.31. The summed E-state index contributed by atoms with van der Waals surface area (Å²) >= 11 is 0. The Labute approximate surface area is 202 Å². The maximum absolute atomic E-state index is 11.7. The molecule has 2 aromatic rings. The maximum Gasteiger partial charge on any atom is 0.222 e. The fourth-order valence-corrected chi connectivity index (χ4v) is 3.67. The van der Waals surface area contributed by atoms with Crippen LogP contribution in [0.4, 0.5) is 0 Å². The number of aliphatic imine (C=N–C) groups is 1. The molecule has 7 nitrogen and oxygen atoms in total. The summed E-state index contributed by atoms with van der Waals surface area (Å²) in [5.74, 6) is 1.14. The zero-order valence-electron chi connectivity index (χ0n) is 18.6. The van der Waals surface area contributed by atoms with Gasteiger partial charge in [-0.1, -0.05) is 18.2 Å². The van der Waals surface area contributed by atoms with Crippen LogP contribution in [0.15, 0.2) is 41.5 Å². The van der Waals surface area contributed by atoms with Crippen molar-refractivity contribution >= 4 is 35.8 Å². The van der Waals surface area contributed by atoms with Crippen molar-refractivity contribution in [2.24, 2.45) is 4.99 Å². The Kier molecular flexibility index (Phi) is 10.8. The Morgan fingerprint density at radius 1 is 1.19 bits per heavy atom. The van der Waals surface area contributed by atoms with Crippen molar-refractivity contribution in [2.75, 3.05) is 32.7 Å². The number of amides is 1. The largest absolute Gasteiger partial charge is 0.357 e. The minimum atomic E-state index is 0. The summed E-state index contributed by atoms with van der Waals surface area (Å²) in [7, 11) is 0. The molecule has 2 N–H and O–H groups in total. The molecule has 1 amide bonds. The van der Waals surface area contributed by atoms with Gasteiger partial charge in [-0.2, -0.15) is 5.10 Å². The Balaban J connectivity index is 0.00000341. The molecule has 1 saturated heterocycles. The van der Waals surface area contributed by atoms with Crippen molar-refractivity contribution < 1.29 is 4.79 Å². The van der Waals surface area contributed by atoms with Crippen molar-refractivity contribution in [3.8, 4) is 5.69 Å². The van der Waals surface area contributed by atoms with E-state index >= 15 is 0 Å². The molecule has 2 heterocycles. The Morgan fingerprint density at radius 2 is 2.00 bits per heavy atom. The van der Waals surface area contributed by atoms with E-state index in [0.717, 1.165) is 75.7 Å². The van der Waals surface area contributed by atoms with E-state index in [4.69, 9.17) is 0 Å². The van der Waals surface area contributed by atoms with E-state index < -0.39 is 0 Å². The summed E-state index contributed by atoms with van der Waals surface area (Å²) in [5, 5.41) is 11.4. The van der Waals surface area contributed by atoms with Gasteiger partial charge in [0, 0.05) is 45.3 Å². The van der Waals surface area contributed by atoms with Gasteiger partial charge in [-0.25, -0.2) is 4.68 Å². The van der Waals surface area contributed by atoms with E-state index in [1.807, 2.05) is 27.8 Å². The number of carbonyl (C=O) groups excluding carboxylic acids is 1. The van der Waals surface area contributed by atoms with Gasteiger partial charge in [-0.05, 0) is 57.2 Å². The number of nitrogens with zero attached hydrogens (tertiary/aromatic N) is 4. The van der Waals surface area contributed by atoms with Crippen molar-refractivity contribution in [3.05, 3.63) is 47.8 Å². The van der Waals surface area contributed by atoms with E-state index in [2.05, 4.69) is 52.9 Å². The topological polar surface area (TPSA) is 74.6 Å². The predicted molar refractivity (Wildman–Crippen MR) is 136 cm³/mol. The van der Waals surface area contributed by atoms with Crippen LogP contribution in [0.2, 0.25) is 0 Å². The molecule has 0 spiro atoms. The number of para-hydroxylation sites is 1. The van der Waals surface area contributed by atoms with Crippen LogP contribution in [0.1, 0.15) is 43.9 Å². The zero-order chi connectivity index (χ0) is 21.2. The molecular formula is C23H35IN6O. The summed E-state index contributed by atoms with van der Waals surface area (Å²) in [6.45, 7) is 8.27. The predicted octanol–water partition coefficient (Wildman–Crippen LogP) is 3.30. The lowest BCUT2D eigenvalue weighted by Crippen LogP contribution is -2.38. The third-order valence-electron chi connectivity index (χ3n) is 5.31. The van der Waals surface area contributed by atoms with Gasteiger partial charge in [0.2, 0.25) is 5.91 Å². The van der Waals surface area contributed by atoms with E-state index in [9.17, 15) is 4.79 Å². The van der Waals surface area contributed by atoms with Crippen LogP contribution in [-0.4, -0.2) is 59.3 Å². The summed E-state index contributed by atoms with van der Waals surface area (Å²) in [6, 6.07) is 10.2. The minimum absolute atomic E-state index is 0. The van der Waals surface area contributed by atoms with Gasteiger partial charge in [0.15, 0.2) is 5.96 Å². The van der Waals surface area contributed by atoms with Crippen LogP contribution >= 0.6 is 24.0 Å². The van der Waals surface area contributed by atoms with E-state index in [1.54, 1.807) is 0 Å². The number of guanidine groups is 1. The van der Waals surface area contributed by atoms with E-state index in [0.29, 0.717) is 6.42 Å². The molecule has 0 radical (unpaired) electrons. The fraction of sp³-hybridized carbons (Fsp3) is 0.522. The average Bonchev–Trinajstić information content (AvgIpc) is 3.34. The number of rotatable bonds is 10. The smallest absolute Gasteiger partial charge is 0.222 e. The number of likely N-dealkylation sites (tertiary alicyclic amines) is 1. The van der Waals surface area contributed by atoms with Crippen LogP contribution in [0.25, 0.3) is 5.69 Å². The van der Waals surface area contributed by atoms with Crippen LogP contribution in [0, 0.1) is 6.92 Å². The second-order valence-corrected chi connectivity index (χ2v) is 7.65. The normalized spacial score (nSPS) is 13.9. The van der Waals surface area contributed by atoms with Gasteiger partial charge in [-0.15, -0.1) is 24.0 Å². The number of aryl methyl sites for hydroxylation is 2. The van der Waals surface area contributed by atoms with Crippen molar-refractivity contribution in [3.63, 3.8) is 0 Å². The molecule has 0 bridgehead atoms. The zero-order valence-corrected chi connectivity index (χ0v) is 21.0. The molecule has 0 atom stereocenters. The standard InChI is InChI=1S/C23H34N6O.HI/c1-3-24-23(26-15-9-17-28-16-8-13-22(28)30)25-14-7-10-20-18-29(27-19(20)2)21-11-5-4-6-12-21;/h4-6,11-12,18H,3,7-10,13-17H2,1-2H3,(H2,24,25,26);1H. The van der Waals surface area contributed by atoms with Crippen LogP contribution in [0.3, 0.4) is 0 Å². The first kappa shape index (κ1) is 25.2. The molecule has 170 valence electrons. The van der Waals surface area contributed by atoms with Gasteiger partial charge in [-0.3, -0.25) is 9.79 Å². The molecular weight excluding hydrogens is 503 g/mol. The van der Waals surface area contributed by atoms with Gasteiger partial charge in [0.05, 0.1) is 11.4 Å². The quantitative estimate of drug-likeness (QED) is 0.211. The molecule has 31 heavy (non-hydrogen) atoms. The highest BCUT2D eigenvalue weighted by Crippen LogP contribution is 2.13.